The number of benzene rings is 1. The second kappa shape index (κ2) is 6.68. The second-order valence-corrected chi connectivity index (χ2v) is 6.67. The first-order chi connectivity index (χ1) is 12.2. The zero-order valence-electron chi connectivity index (χ0n) is 14.3. The van der Waals surface area contributed by atoms with Crippen molar-refractivity contribution >= 4 is 23.1 Å². The lowest BCUT2D eigenvalue weighted by Gasteiger charge is -2.29. The fraction of sp³-hybridized carbons (Fsp3) is 0.389. The van der Waals surface area contributed by atoms with Crippen LogP contribution < -0.4 is 16.4 Å². The summed E-state index contributed by atoms with van der Waals surface area (Å²) >= 11 is 0. The van der Waals surface area contributed by atoms with E-state index in [1.54, 1.807) is 16.9 Å². The molecule has 0 spiro atoms. The van der Waals surface area contributed by atoms with Crippen molar-refractivity contribution < 1.29 is 0 Å². The van der Waals surface area contributed by atoms with E-state index in [0.29, 0.717) is 11.6 Å². The van der Waals surface area contributed by atoms with Crippen molar-refractivity contribution in [1.29, 1.82) is 0 Å². The lowest BCUT2D eigenvalue weighted by Crippen LogP contribution is -2.42. The van der Waals surface area contributed by atoms with E-state index < -0.39 is 0 Å². The van der Waals surface area contributed by atoms with Crippen molar-refractivity contribution in [1.82, 2.24) is 19.6 Å². The summed E-state index contributed by atoms with van der Waals surface area (Å²) < 4.78 is 1.74. The van der Waals surface area contributed by atoms with Crippen LogP contribution in [0.4, 0.5) is 17.5 Å². The fourth-order valence-electron chi connectivity index (χ4n) is 3.34. The minimum Gasteiger partial charge on any atom is -0.363 e. The Hall–Kier alpha value is -2.67. The predicted molar refractivity (Wildman–Crippen MR) is 99.1 cm³/mol. The molecule has 0 saturated heterocycles. The summed E-state index contributed by atoms with van der Waals surface area (Å²) in [5, 5.41) is 11.2. The Morgan fingerprint density at radius 3 is 2.96 bits per heavy atom. The average molecular weight is 337 g/mol. The highest BCUT2D eigenvalue weighted by Gasteiger charge is 2.23. The number of hydrogen-bond acceptors (Lipinski definition) is 6. The van der Waals surface area contributed by atoms with E-state index in [1.807, 2.05) is 12.1 Å². The maximum Gasteiger partial charge on any atom is 0.247 e. The number of nitrogens with zero attached hydrogens (tertiary/aromatic N) is 4. The van der Waals surface area contributed by atoms with Gasteiger partial charge in [-0.2, -0.15) is 4.98 Å². The van der Waals surface area contributed by atoms with E-state index in [0.717, 1.165) is 24.3 Å². The molecule has 4 rings (SSSR count). The quantitative estimate of drug-likeness (QED) is 0.678. The van der Waals surface area contributed by atoms with Crippen LogP contribution in [0.5, 0.6) is 0 Å². The van der Waals surface area contributed by atoms with Gasteiger partial charge < -0.3 is 16.4 Å². The maximum absolute atomic E-state index is 6.25. The molecule has 1 aliphatic rings. The van der Waals surface area contributed by atoms with Crippen molar-refractivity contribution in [2.45, 2.75) is 44.7 Å². The fourth-order valence-corrected chi connectivity index (χ4v) is 3.34. The summed E-state index contributed by atoms with van der Waals surface area (Å²) in [6, 6.07) is 8.51. The summed E-state index contributed by atoms with van der Waals surface area (Å²) in [4.78, 5) is 9.06. The largest absolute Gasteiger partial charge is 0.363 e. The van der Waals surface area contributed by atoms with E-state index in [4.69, 9.17) is 5.73 Å². The molecule has 25 heavy (non-hydrogen) atoms. The number of anilines is 3. The van der Waals surface area contributed by atoms with Gasteiger partial charge >= 0.3 is 0 Å². The van der Waals surface area contributed by atoms with Gasteiger partial charge in [0, 0.05) is 30.2 Å². The molecule has 1 saturated carbocycles. The second-order valence-electron chi connectivity index (χ2n) is 6.67. The predicted octanol–water partition coefficient (Wildman–Crippen LogP) is 2.86. The highest BCUT2D eigenvalue weighted by Crippen LogP contribution is 2.23. The molecule has 0 radical (unpaired) electrons. The van der Waals surface area contributed by atoms with Gasteiger partial charge in [-0.15, -0.1) is 5.10 Å². The van der Waals surface area contributed by atoms with Gasteiger partial charge in [-0.1, -0.05) is 25.0 Å². The first-order valence-corrected chi connectivity index (χ1v) is 8.76. The summed E-state index contributed by atoms with van der Waals surface area (Å²) in [6.45, 7) is 2.06. The number of fused-ring (bicyclic) bond motifs is 1. The molecule has 2 heterocycles. The maximum atomic E-state index is 6.25. The molecular formula is C18H23N7. The Bertz CT molecular complexity index is 873. The van der Waals surface area contributed by atoms with Gasteiger partial charge in [0.25, 0.3) is 0 Å². The van der Waals surface area contributed by atoms with E-state index in [9.17, 15) is 0 Å². The van der Waals surface area contributed by atoms with Gasteiger partial charge in [0.1, 0.15) is 0 Å². The van der Waals surface area contributed by atoms with Crippen LogP contribution in [-0.2, 0) is 0 Å². The summed E-state index contributed by atoms with van der Waals surface area (Å²) in [5.41, 5.74) is 9.10. The summed E-state index contributed by atoms with van der Waals surface area (Å²) in [7, 11) is 0. The molecule has 130 valence electrons. The third kappa shape index (κ3) is 3.41. The SMILES string of the molecule is Cc1cccc(Nc2nc3c(NC4CCCCC4N)nccn3n2)c1. The van der Waals surface area contributed by atoms with Crippen LogP contribution in [0.3, 0.4) is 0 Å². The van der Waals surface area contributed by atoms with E-state index in [1.165, 1.54) is 18.4 Å². The van der Waals surface area contributed by atoms with Gasteiger partial charge in [-0.3, -0.25) is 0 Å². The monoisotopic (exact) mass is 337 g/mol. The molecule has 2 aromatic heterocycles. The number of nitrogens with one attached hydrogen (secondary N) is 2. The number of nitrogens with two attached hydrogens (primary N) is 1. The van der Waals surface area contributed by atoms with Crippen LogP contribution in [0.25, 0.3) is 5.65 Å². The third-order valence-corrected chi connectivity index (χ3v) is 4.67. The Kier molecular flexibility index (Phi) is 4.23. The van der Waals surface area contributed by atoms with Crippen molar-refractivity contribution in [3.8, 4) is 0 Å². The van der Waals surface area contributed by atoms with Crippen LogP contribution in [0.15, 0.2) is 36.7 Å². The number of aryl methyl sites for hydroxylation is 1. The molecule has 0 aliphatic heterocycles. The molecule has 7 heteroatoms. The van der Waals surface area contributed by atoms with Gasteiger partial charge in [-0.25, -0.2) is 9.50 Å². The Labute approximate surface area is 146 Å². The van der Waals surface area contributed by atoms with Gasteiger partial charge in [0.2, 0.25) is 5.95 Å². The van der Waals surface area contributed by atoms with Crippen LogP contribution in [0.1, 0.15) is 31.2 Å². The Morgan fingerprint density at radius 2 is 2.12 bits per heavy atom. The zero-order valence-corrected chi connectivity index (χ0v) is 14.3. The van der Waals surface area contributed by atoms with Gasteiger partial charge in [0.15, 0.2) is 11.5 Å². The lowest BCUT2D eigenvalue weighted by atomic mass is 9.91. The highest BCUT2D eigenvalue weighted by molar-refractivity contribution is 5.66. The average Bonchev–Trinajstić information content (AvgIpc) is 3.00. The molecule has 1 fully saturated rings. The molecule has 7 nitrogen and oxygen atoms in total. The number of aromatic nitrogens is 4. The lowest BCUT2D eigenvalue weighted by molar-refractivity contribution is 0.403. The number of hydrogen-bond donors (Lipinski definition) is 3. The molecule has 4 N–H and O–H groups in total. The smallest absolute Gasteiger partial charge is 0.247 e. The summed E-state index contributed by atoms with van der Waals surface area (Å²) in [6.07, 6.45) is 8.04. The van der Waals surface area contributed by atoms with Crippen LogP contribution in [0.2, 0.25) is 0 Å². The van der Waals surface area contributed by atoms with E-state index in [2.05, 4.69) is 44.8 Å². The van der Waals surface area contributed by atoms with E-state index >= 15 is 0 Å². The molecule has 3 aromatic rings. The third-order valence-electron chi connectivity index (χ3n) is 4.67. The Balaban J connectivity index is 1.60. The molecule has 0 amide bonds. The normalized spacial score (nSPS) is 20.6. The van der Waals surface area contributed by atoms with Crippen molar-refractivity contribution in [2.24, 2.45) is 5.73 Å². The van der Waals surface area contributed by atoms with Crippen molar-refractivity contribution in [3.05, 3.63) is 42.2 Å². The Morgan fingerprint density at radius 1 is 1.24 bits per heavy atom. The molecule has 1 aromatic carbocycles. The molecule has 0 bridgehead atoms. The van der Waals surface area contributed by atoms with Gasteiger partial charge in [-0.05, 0) is 37.5 Å². The van der Waals surface area contributed by atoms with Crippen molar-refractivity contribution in [3.63, 3.8) is 0 Å². The van der Waals surface area contributed by atoms with Crippen LogP contribution >= 0.6 is 0 Å². The van der Waals surface area contributed by atoms with Crippen LogP contribution in [0, 0.1) is 6.92 Å². The molecule has 1 aliphatic carbocycles. The number of rotatable bonds is 4. The highest BCUT2D eigenvalue weighted by atomic mass is 15.4. The first-order valence-electron chi connectivity index (χ1n) is 8.76. The van der Waals surface area contributed by atoms with Crippen LogP contribution in [-0.4, -0.2) is 31.7 Å². The molecule has 2 atom stereocenters. The first kappa shape index (κ1) is 15.8. The molecular weight excluding hydrogens is 314 g/mol. The topological polar surface area (TPSA) is 93.2 Å². The van der Waals surface area contributed by atoms with Gasteiger partial charge in [0.05, 0.1) is 0 Å². The minimum atomic E-state index is 0.156. The minimum absolute atomic E-state index is 0.156. The standard InChI is InChI=1S/C18H23N7/c1-12-5-4-6-13(11-12)21-18-23-17-16(20-9-10-25(17)24-18)22-15-8-3-2-7-14(15)19/h4-6,9-11,14-15H,2-3,7-8,19H2,1H3,(H,20,22)(H,21,24). The zero-order chi connectivity index (χ0) is 17.2. The molecule has 2 unspecified atom stereocenters. The van der Waals surface area contributed by atoms with E-state index in [-0.39, 0.29) is 12.1 Å². The summed E-state index contributed by atoms with van der Waals surface area (Å²) in [5.74, 6) is 1.28. The van der Waals surface area contributed by atoms with Crippen molar-refractivity contribution in [2.75, 3.05) is 10.6 Å².